The number of aromatic nitrogens is 3. The molecule has 0 aliphatic carbocycles. The first-order chi connectivity index (χ1) is 13.8. The molecule has 0 aliphatic rings. The Labute approximate surface area is 167 Å². The summed E-state index contributed by atoms with van der Waals surface area (Å²) >= 11 is 0.770. The van der Waals surface area contributed by atoms with E-state index in [9.17, 15) is 41.0 Å². The highest BCUT2D eigenvalue weighted by Crippen LogP contribution is 2.34. The second kappa shape index (κ2) is 8.86. The number of nitrogens with zero attached hydrogens (tertiary/aromatic N) is 4. The molecule has 0 spiro atoms. The van der Waals surface area contributed by atoms with Crippen molar-refractivity contribution in [2.45, 2.75) is 25.5 Å². The summed E-state index contributed by atoms with van der Waals surface area (Å²) in [5.41, 5.74) is -2.18. The second-order valence-electron chi connectivity index (χ2n) is 5.53. The van der Waals surface area contributed by atoms with E-state index in [1.807, 2.05) is 5.32 Å². The van der Waals surface area contributed by atoms with Gasteiger partial charge < -0.3 is 15.2 Å². The van der Waals surface area contributed by atoms with Crippen molar-refractivity contribution in [3.8, 4) is 0 Å². The van der Waals surface area contributed by atoms with Crippen molar-refractivity contribution >= 4 is 28.4 Å². The molecule has 0 fully saturated rings. The summed E-state index contributed by atoms with van der Waals surface area (Å²) in [5.74, 6) is 0. The lowest BCUT2D eigenvalue weighted by atomic mass is 10.3. The summed E-state index contributed by atoms with van der Waals surface area (Å²) in [6.45, 7) is -1.84. The molecule has 2 rings (SSSR count). The van der Waals surface area contributed by atoms with E-state index in [2.05, 4.69) is 10.1 Å². The Morgan fingerprint density at radius 3 is 2.50 bits per heavy atom. The van der Waals surface area contributed by atoms with E-state index in [0.29, 0.717) is 6.08 Å². The molecule has 0 saturated heterocycles. The minimum atomic E-state index is -4.97. The van der Waals surface area contributed by atoms with E-state index in [1.165, 1.54) is 7.11 Å². The Balaban J connectivity index is 2.32. The highest BCUT2D eigenvalue weighted by Gasteiger charge is 2.40. The van der Waals surface area contributed by atoms with Crippen molar-refractivity contribution in [2.75, 3.05) is 13.7 Å². The van der Waals surface area contributed by atoms with E-state index < -0.39 is 49.0 Å². The maximum absolute atomic E-state index is 13.3. The molecule has 0 unspecified atom stereocenters. The smallest absolute Gasteiger partial charge is 0.435 e. The standard InChI is InChI=1S/C14H13F6N5O4S/c1-29-6-8-23-25-7(9(14(18,19)20)22-11(25)30-8)5-24(12(27)28)10(26)21-4-2-3-13(15,16)17/h2-3H,4-6H2,1H3,(H,21,26)(H,27,28). The van der Waals surface area contributed by atoms with Crippen LogP contribution in [0.15, 0.2) is 12.2 Å². The lowest BCUT2D eigenvalue weighted by Crippen LogP contribution is -2.43. The number of hydrogen-bond acceptors (Lipinski definition) is 6. The van der Waals surface area contributed by atoms with E-state index in [4.69, 9.17) is 4.74 Å². The van der Waals surface area contributed by atoms with E-state index in [0.717, 1.165) is 15.9 Å². The third kappa shape index (κ3) is 5.82. The highest BCUT2D eigenvalue weighted by molar-refractivity contribution is 7.16. The van der Waals surface area contributed by atoms with Crippen LogP contribution in [0.3, 0.4) is 0 Å². The van der Waals surface area contributed by atoms with Crippen molar-refractivity contribution in [1.29, 1.82) is 0 Å². The molecule has 2 aromatic rings. The largest absolute Gasteiger partial charge is 0.465 e. The van der Waals surface area contributed by atoms with Gasteiger partial charge in [-0.15, -0.1) is 0 Å². The molecule has 166 valence electrons. The van der Waals surface area contributed by atoms with Crippen LogP contribution < -0.4 is 5.32 Å². The third-order valence-corrected chi connectivity index (χ3v) is 4.22. The van der Waals surface area contributed by atoms with Crippen molar-refractivity contribution in [1.82, 2.24) is 24.8 Å². The number of imide groups is 1. The average molecular weight is 461 g/mol. The van der Waals surface area contributed by atoms with Crippen molar-refractivity contribution in [3.63, 3.8) is 0 Å². The molecular formula is C14H13F6N5O4S. The molecule has 0 saturated carbocycles. The fourth-order valence-corrected chi connectivity index (χ4v) is 3.08. The van der Waals surface area contributed by atoms with Crippen LogP contribution in [0.25, 0.3) is 4.96 Å². The molecule has 16 heteroatoms. The maximum atomic E-state index is 13.3. The number of carboxylic acid groups (broad SMARTS) is 1. The van der Waals surface area contributed by atoms with Crippen LogP contribution >= 0.6 is 11.3 Å². The third-order valence-electron chi connectivity index (χ3n) is 3.34. The first-order valence-electron chi connectivity index (χ1n) is 7.79. The first kappa shape index (κ1) is 23.4. The Morgan fingerprint density at radius 1 is 1.30 bits per heavy atom. The molecule has 0 aliphatic heterocycles. The second-order valence-corrected chi connectivity index (χ2v) is 6.57. The van der Waals surface area contributed by atoms with E-state index in [-0.39, 0.29) is 27.6 Å². The minimum absolute atomic E-state index is 0.0323. The molecule has 2 aromatic heterocycles. The van der Waals surface area contributed by atoms with Crippen molar-refractivity contribution in [2.24, 2.45) is 0 Å². The average Bonchev–Trinajstić information content (AvgIpc) is 3.13. The molecule has 2 heterocycles. The Hall–Kier alpha value is -2.88. The molecule has 9 nitrogen and oxygen atoms in total. The van der Waals surface area contributed by atoms with Crippen LogP contribution in [0.2, 0.25) is 0 Å². The van der Waals surface area contributed by atoms with Gasteiger partial charge in [0, 0.05) is 19.7 Å². The van der Waals surface area contributed by atoms with Gasteiger partial charge in [0.05, 0.1) is 18.8 Å². The number of rotatable bonds is 6. The summed E-state index contributed by atoms with van der Waals surface area (Å²) < 4.78 is 81.7. The predicted molar refractivity (Wildman–Crippen MR) is 88.7 cm³/mol. The molecule has 2 N–H and O–H groups in total. The molecule has 3 amide bonds. The molecular weight excluding hydrogens is 448 g/mol. The fraction of sp³-hybridized carbons (Fsp3) is 0.429. The van der Waals surface area contributed by atoms with Crippen LogP contribution in [0.5, 0.6) is 0 Å². The molecule has 0 atom stereocenters. The molecule has 0 bridgehead atoms. The van der Waals surface area contributed by atoms with Gasteiger partial charge in [0.1, 0.15) is 5.01 Å². The van der Waals surface area contributed by atoms with Gasteiger partial charge in [0.15, 0.2) is 5.69 Å². The normalized spacial score (nSPS) is 12.6. The van der Waals surface area contributed by atoms with Gasteiger partial charge in [-0.2, -0.15) is 31.4 Å². The Kier molecular flexibility index (Phi) is 6.91. The number of hydrogen-bond donors (Lipinski definition) is 2. The van der Waals surface area contributed by atoms with Crippen LogP contribution in [0.1, 0.15) is 16.4 Å². The Bertz CT molecular complexity index is 951. The summed E-state index contributed by atoms with van der Waals surface area (Å²) in [6.07, 6.45) is -11.2. The van der Waals surface area contributed by atoms with Gasteiger partial charge in [0.2, 0.25) is 4.96 Å². The summed E-state index contributed by atoms with van der Waals surface area (Å²) in [5, 5.41) is 15.2. The SMILES string of the molecule is COCc1nn2c(CN(C(=O)O)C(=O)NCC=CC(F)(F)F)c(C(F)(F)F)nc2s1. The predicted octanol–water partition coefficient (Wildman–Crippen LogP) is 3.26. The number of ether oxygens (including phenoxy) is 1. The van der Waals surface area contributed by atoms with Gasteiger partial charge in [0.25, 0.3) is 0 Å². The molecule has 0 aromatic carbocycles. The quantitative estimate of drug-likeness (QED) is 0.505. The van der Waals surface area contributed by atoms with Crippen molar-refractivity contribution in [3.05, 3.63) is 28.5 Å². The zero-order chi connectivity index (χ0) is 22.7. The number of carbonyl (C=O) groups excluding carboxylic acids is 1. The number of nitrogens with one attached hydrogen (secondary N) is 1. The number of halogens is 6. The number of imidazole rings is 1. The van der Waals surface area contributed by atoms with Crippen LogP contribution in [0, 0.1) is 0 Å². The number of alkyl halides is 6. The number of allylic oxidation sites excluding steroid dienone is 1. The molecule has 0 radical (unpaired) electrons. The highest BCUT2D eigenvalue weighted by atomic mass is 32.1. The monoisotopic (exact) mass is 461 g/mol. The van der Waals surface area contributed by atoms with Gasteiger partial charge in [-0.3, -0.25) is 0 Å². The lowest BCUT2D eigenvalue weighted by Gasteiger charge is -2.18. The summed E-state index contributed by atoms with van der Waals surface area (Å²) in [4.78, 5) is 26.6. The zero-order valence-electron chi connectivity index (χ0n) is 14.9. The van der Waals surface area contributed by atoms with Crippen LogP contribution in [-0.4, -0.2) is 56.6 Å². The van der Waals surface area contributed by atoms with Crippen molar-refractivity contribution < 1.29 is 45.8 Å². The first-order valence-corrected chi connectivity index (χ1v) is 8.61. The Morgan fingerprint density at radius 2 is 1.97 bits per heavy atom. The van der Waals surface area contributed by atoms with Crippen LogP contribution in [-0.2, 0) is 24.1 Å². The number of urea groups is 1. The number of carbonyl (C=O) groups is 2. The van der Waals surface area contributed by atoms with E-state index in [1.54, 1.807) is 0 Å². The van der Waals surface area contributed by atoms with Crippen LogP contribution in [0.4, 0.5) is 35.9 Å². The van der Waals surface area contributed by atoms with Gasteiger partial charge in [-0.1, -0.05) is 17.4 Å². The summed E-state index contributed by atoms with van der Waals surface area (Å²) in [6, 6.07) is -1.43. The topological polar surface area (TPSA) is 109 Å². The number of fused-ring (bicyclic) bond motifs is 1. The van der Waals surface area contributed by atoms with Gasteiger partial charge in [-0.05, 0) is 0 Å². The number of amides is 3. The fourth-order valence-electron chi connectivity index (χ4n) is 2.19. The lowest BCUT2D eigenvalue weighted by molar-refractivity contribution is -0.141. The van der Waals surface area contributed by atoms with Gasteiger partial charge >= 0.3 is 24.5 Å². The summed E-state index contributed by atoms with van der Waals surface area (Å²) in [7, 11) is 1.33. The van der Waals surface area contributed by atoms with E-state index >= 15 is 0 Å². The number of methoxy groups -OCH3 is 1. The van der Waals surface area contributed by atoms with Gasteiger partial charge in [-0.25, -0.2) is 24.0 Å². The molecule has 30 heavy (non-hydrogen) atoms. The zero-order valence-corrected chi connectivity index (χ0v) is 15.7. The minimum Gasteiger partial charge on any atom is -0.465 e. The maximum Gasteiger partial charge on any atom is 0.435 e.